The number of halogens is 3. The number of alkyl halides is 3. The summed E-state index contributed by atoms with van der Waals surface area (Å²) >= 11 is -2.64. The zero-order valence-corrected chi connectivity index (χ0v) is 23.6. The zero-order valence-electron chi connectivity index (χ0n) is 20.8. The molecule has 4 heteroatoms. The maximum atomic E-state index is 13.5. The maximum absolute atomic E-state index is 13.5. The Morgan fingerprint density at radius 3 is 2.06 bits per heavy atom. The van der Waals surface area contributed by atoms with Gasteiger partial charge < -0.3 is 0 Å². The van der Waals surface area contributed by atoms with Crippen LogP contribution in [0.2, 0.25) is 13.3 Å². The Labute approximate surface area is 204 Å². The summed E-state index contributed by atoms with van der Waals surface area (Å²) in [6.45, 7) is 6.79. The molecule has 0 aromatic heterocycles. The summed E-state index contributed by atoms with van der Waals surface area (Å²) in [6.07, 6.45) is 9.69. The monoisotopic (exact) mass is 566 g/mol. The van der Waals surface area contributed by atoms with Gasteiger partial charge in [0.05, 0.1) is 0 Å². The quantitative estimate of drug-likeness (QED) is 0.185. The Balaban J connectivity index is 2.58. The third kappa shape index (κ3) is 9.19. The summed E-state index contributed by atoms with van der Waals surface area (Å²) in [5.41, 5.74) is 1.80. The zero-order chi connectivity index (χ0) is 24.2. The van der Waals surface area contributed by atoms with Crippen LogP contribution in [0.15, 0.2) is 45.6 Å². The third-order valence-corrected chi connectivity index (χ3v) is 20.9. The minimum absolute atomic E-state index is 0.0868. The fourth-order valence-corrected chi connectivity index (χ4v) is 19.7. The SMILES string of the molecule is CCC[CH2][Sn](/[CH]=C(/C#Cc1ccccc1C(F)(F)F)C1=CCCCC1)([CH2]CCC)[CH2]CCC. The van der Waals surface area contributed by atoms with Gasteiger partial charge >= 0.3 is 205 Å². The first-order chi connectivity index (χ1) is 15.8. The molecule has 1 aromatic rings. The summed E-state index contributed by atoms with van der Waals surface area (Å²) < 4.78 is 47.2. The first kappa shape index (κ1) is 28.1. The molecule has 0 bridgehead atoms. The van der Waals surface area contributed by atoms with Gasteiger partial charge in [0.1, 0.15) is 0 Å². The predicted octanol–water partition coefficient (Wildman–Crippen LogP) is 9.87. The van der Waals surface area contributed by atoms with E-state index in [0.29, 0.717) is 0 Å². The first-order valence-electron chi connectivity index (χ1n) is 13.0. The molecule has 0 saturated carbocycles. The van der Waals surface area contributed by atoms with Gasteiger partial charge in [-0.05, 0) is 0 Å². The van der Waals surface area contributed by atoms with Crippen molar-refractivity contribution in [1.82, 2.24) is 0 Å². The van der Waals surface area contributed by atoms with Gasteiger partial charge in [-0.1, -0.05) is 0 Å². The van der Waals surface area contributed by atoms with Crippen molar-refractivity contribution >= 4 is 18.4 Å². The second-order valence-electron chi connectivity index (χ2n) is 9.50. The molecule has 1 aliphatic rings. The molecule has 1 aromatic carbocycles. The molecule has 182 valence electrons. The number of hydrogen-bond acceptors (Lipinski definition) is 0. The van der Waals surface area contributed by atoms with Gasteiger partial charge in [0.15, 0.2) is 0 Å². The van der Waals surface area contributed by atoms with Crippen molar-refractivity contribution in [1.29, 1.82) is 0 Å². The molecule has 2 rings (SSSR count). The third-order valence-electron chi connectivity index (χ3n) is 6.74. The fourth-order valence-electron chi connectivity index (χ4n) is 4.75. The Kier molecular flexibility index (Phi) is 12.2. The van der Waals surface area contributed by atoms with Crippen molar-refractivity contribution in [3.63, 3.8) is 0 Å². The van der Waals surface area contributed by atoms with E-state index in [1.54, 1.807) is 6.07 Å². The summed E-state index contributed by atoms with van der Waals surface area (Å²) in [4.78, 5) is 0. The Bertz CT molecular complexity index is 830. The second kappa shape index (κ2) is 14.3. The van der Waals surface area contributed by atoms with E-state index in [-0.39, 0.29) is 5.56 Å². The number of hydrogen-bond donors (Lipinski definition) is 0. The molecule has 33 heavy (non-hydrogen) atoms. The summed E-state index contributed by atoms with van der Waals surface area (Å²) in [5.74, 6) is 6.26. The van der Waals surface area contributed by atoms with Gasteiger partial charge in [-0.3, -0.25) is 0 Å². The average molecular weight is 565 g/mol. The second-order valence-corrected chi connectivity index (χ2v) is 22.4. The molecule has 0 atom stereocenters. The van der Waals surface area contributed by atoms with E-state index in [1.165, 1.54) is 76.0 Å². The first-order valence-corrected chi connectivity index (χ1v) is 20.7. The molecule has 0 fully saturated rings. The Hall–Kier alpha value is -1.15. The van der Waals surface area contributed by atoms with E-state index in [4.69, 9.17) is 0 Å². The van der Waals surface area contributed by atoms with Crippen LogP contribution in [-0.2, 0) is 6.18 Å². The molecular weight excluding hydrogens is 524 g/mol. The standard InChI is InChI=1S/C17H14F3.3C4H9.Sn/c1-13(14-7-3-2-4-8-14)11-12-15-9-5-6-10-16(15)17(18,19)20;3*1-3-4-2;/h1,5-7,9-10H,2-4,8H2;3*1,3-4H2,2H3;. The Morgan fingerprint density at radius 1 is 0.939 bits per heavy atom. The molecule has 0 aliphatic heterocycles. The van der Waals surface area contributed by atoms with Crippen molar-refractivity contribution < 1.29 is 13.2 Å². The van der Waals surface area contributed by atoms with Crippen LogP contribution in [0.5, 0.6) is 0 Å². The fraction of sp³-hybridized carbons (Fsp3) is 0.586. The van der Waals surface area contributed by atoms with Gasteiger partial charge in [-0.2, -0.15) is 0 Å². The van der Waals surface area contributed by atoms with E-state index in [9.17, 15) is 13.2 Å². The van der Waals surface area contributed by atoms with Crippen LogP contribution in [0.3, 0.4) is 0 Å². The van der Waals surface area contributed by atoms with Gasteiger partial charge in [-0.25, -0.2) is 0 Å². The number of benzene rings is 1. The van der Waals surface area contributed by atoms with Gasteiger partial charge in [-0.15, -0.1) is 0 Å². The topological polar surface area (TPSA) is 0 Å². The van der Waals surface area contributed by atoms with Crippen LogP contribution in [0.1, 0.15) is 96.1 Å². The van der Waals surface area contributed by atoms with E-state index < -0.39 is 30.1 Å². The normalized spacial score (nSPS) is 15.1. The van der Waals surface area contributed by atoms with Crippen molar-refractivity contribution in [2.24, 2.45) is 0 Å². The number of allylic oxidation sites excluding steroid dienone is 3. The van der Waals surface area contributed by atoms with Crippen LogP contribution in [0.4, 0.5) is 13.2 Å². The van der Waals surface area contributed by atoms with Crippen molar-refractivity contribution in [3.8, 4) is 11.8 Å². The van der Waals surface area contributed by atoms with E-state index in [1.807, 2.05) is 0 Å². The molecule has 0 radical (unpaired) electrons. The Morgan fingerprint density at radius 2 is 1.55 bits per heavy atom. The molecule has 0 heterocycles. The van der Waals surface area contributed by atoms with Crippen LogP contribution < -0.4 is 0 Å². The van der Waals surface area contributed by atoms with Crippen LogP contribution in [-0.4, -0.2) is 18.4 Å². The van der Waals surface area contributed by atoms with Gasteiger partial charge in [0, 0.05) is 0 Å². The molecule has 0 saturated heterocycles. The van der Waals surface area contributed by atoms with E-state index >= 15 is 0 Å². The summed E-state index contributed by atoms with van der Waals surface area (Å²) in [7, 11) is 0. The summed E-state index contributed by atoms with van der Waals surface area (Å²) in [5, 5.41) is 0. The molecule has 0 spiro atoms. The molecule has 0 amide bonds. The number of rotatable bonds is 11. The molecule has 1 aliphatic carbocycles. The van der Waals surface area contributed by atoms with Gasteiger partial charge in [0.25, 0.3) is 0 Å². The predicted molar refractivity (Wildman–Crippen MR) is 138 cm³/mol. The molecule has 0 nitrogen and oxygen atoms in total. The number of unbranched alkanes of at least 4 members (excludes halogenated alkanes) is 3. The average Bonchev–Trinajstić information content (AvgIpc) is 2.82. The molecule has 0 unspecified atom stereocenters. The van der Waals surface area contributed by atoms with Crippen molar-refractivity contribution in [2.45, 2.75) is 104 Å². The van der Waals surface area contributed by atoms with Crippen molar-refractivity contribution in [2.75, 3.05) is 0 Å². The van der Waals surface area contributed by atoms with Crippen LogP contribution in [0.25, 0.3) is 0 Å². The van der Waals surface area contributed by atoms with Crippen molar-refractivity contribution in [3.05, 3.63) is 56.7 Å². The summed E-state index contributed by atoms with van der Waals surface area (Å²) in [6, 6.07) is 5.73. The molecular formula is C29H41F3Sn. The van der Waals surface area contributed by atoms with E-state index in [2.05, 4.69) is 42.8 Å². The van der Waals surface area contributed by atoms with Crippen LogP contribution >= 0.6 is 0 Å². The van der Waals surface area contributed by atoms with Crippen LogP contribution in [0, 0.1) is 11.8 Å². The van der Waals surface area contributed by atoms with E-state index in [0.717, 1.165) is 30.9 Å². The molecule has 0 N–H and O–H groups in total. The minimum atomic E-state index is -4.38. The van der Waals surface area contributed by atoms with Gasteiger partial charge in [0.2, 0.25) is 0 Å².